The molecule has 36 heavy (non-hydrogen) atoms. The van der Waals surface area contributed by atoms with Crippen LogP contribution in [0.15, 0.2) is 36.4 Å². The number of ether oxygens (including phenoxy) is 1. The Morgan fingerprint density at radius 2 is 1.58 bits per heavy atom. The first kappa shape index (κ1) is 27.9. The molecule has 0 bridgehead atoms. The average molecular weight is 546 g/mol. The van der Waals surface area contributed by atoms with Gasteiger partial charge in [-0.1, -0.05) is 23.2 Å². The summed E-state index contributed by atoms with van der Waals surface area (Å²) in [6, 6.07) is 9.24. The molecule has 1 aliphatic rings. The van der Waals surface area contributed by atoms with E-state index in [0.717, 1.165) is 5.56 Å². The first-order chi connectivity index (χ1) is 16.7. The fraction of sp³-hybridized carbons (Fsp3) is 0.440. The summed E-state index contributed by atoms with van der Waals surface area (Å²) in [4.78, 5) is 27.9. The summed E-state index contributed by atoms with van der Waals surface area (Å²) in [5, 5.41) is 3.88. The minimum Gasteiger partial charge on any atom is -0.444 e. The molecule has 0 aliphatic carbocycles. The number of alkyl halides is 3. The molecule has 1 N–H and O–H groups in total. The van der Waals surface area contributed by atoms with E-state index in [4.69, 9.17) is 27.9 Å². The number of benzene rings is 2. The first-order valence-electron chi connectivity index (χ1n) is 11.4. The molecule has 1 amide bonds. The van der Waals surface area contributed by atoms with Gasteiger partial charge in [0.05, 0.1) is 5.56 Å². The van der Waals surface area contributed by atoms with Crippen molar-refractivity contribution < 1.29 is 27.5 Å². The molecule has 0 radical (unpaired) electrons. The van der Waals surface area contributed by atoms with Gasteiger partial charge in [0.25, 0.3) is 5.78 Å². The predicted octanol–water partition coefficient (Wildman–Crippen LogP) is 6.45. The summed E-state index contributed by atoms with van der Waals surface area (Å²) in [6.07, 6.45) is -4.98. The summed E-state index contributed by atoms with van der Waals surface area (Å²) in [7, 11) is 0. The number of nitrogens with zero attached hydrogens (tertiary/aromatic N) is 2. The Hall–Kier alpha value is -2.65. The lowest BCUT2D eigenvalue weighted by Crippen LogP contribution is -2.50. The van der Waals surface area contributed by atoms with Crippen molar-refractivity contribution in [3.05, 3.63) is 57.6 Å². The van der Waals surface area contributed by atoms with Gasteiger partial charge in [-0.2, -0.15) is 13.2 Å². The maximum atomic E-state index is 13.2. The maximum Gasteiger partial charge on any atom is 0.454 e. The largest absolute Gasteiger partial charge is 0.454 e. The number of piperazine rings is 1. The lowest BCUT2D eigenvalue weighted by molar-refractivity contribution is -0.0884. The van der Waals surface area contributed by atoms with Crippen molar-refractivity contribution in [3.8, 4) is 0 Å². The van der Waals surface area contributed by atoms with Gasteiger partial charge in [-0.15, -0.1) is 0 Å². The van der Waals surface area contributed by atoms with Gasteiger partial charge in [-0.25, -0.2) is 4.79 Å². The van der Waals surface area contributed by atoms with Gasteiger partial charge in [0.1, 0.15) is 5.60 Å². The van der Waals surface area contributed by atoms with E-state index in [1.807, 2.05) is 4.90 Å². The van der Waals surface area contributed by atoms with Crippen LogP contribution in [0.5, 0.6) is 0 Å². The zero-order valence-corrected chi connectivity index (χ0v) is 21.7. The molecule has 196 valence electrons. The van der Waals surface area contributed by atoms with E-state index in [1.165, 1.54) is 18.2 Å². The molecule has 11 heteroatoms. The van der Waals surface area contributed by atoms with E-state index in [0.29, 0.717) is 48.3 Å². The van der Waals surface area contributed by atoms with Crippen LogP contribution in [0.25, 0.3) is 0 Å². The smallest absolute Gasteiger partial charge is 0.444 e. The van der Waals surface area contributed by atoms with E-state index in [1.54, 1.807) is 43.9 Å². The zero-order chi connectivity index (χ0) is 26.7. The Morgan fingerprint density at radius 3 is 2.14 bits per heavy atom. The van der Waals surface area contributed by atoms with Crippen molar-refractivity contribution in [1.29, 1.82) is 0 Å². The topological polar surface area (TPSA) is 61.9 Å². The van der Waals surface area contributed by atoms with E-state index in [-0.39, 0.29) is 12.2 Å². The molecule has 1 saturated heterocycles. The van der Waals surface area contributed by atoms with Crippen molar-refractivity contribution in [2.75, 3.05) is 42.9 Å². The highest BCUT2D eigenvalue weighted by atomic mass is 35.5. The standard InChI is InChI=1S/C25H28Cl2F3N3O3/c1-24(2,3)36-23(35)33-10-8-32(9-11-33)19-4-5-20(22(34)25(28,29)30)21(15-19)31-7-6-16-12-17(26)14-18(27)13-16/h4-5,12-15,31H,6-11H2,1-3H3. The summed E-state index contributed by atoms with van der Waals surface area (Å²) in [6.45, 7) is 7.36. The maximum absolute atomic E-state index is 13.2. The van der Waals surface area contributed by atoms with Gasteiger partial charge in [0.15, 0.2) is 0 Å². The molecule has 2 aromatic carbocycles. The number of amides is 1. The molecular formula is C25H28Cl2F3N3O3. The molecule has 0 aromatic heterocycles. The normalized spacial score (nSPS) is 14.6. The van der Waals surface area contributed by atoms with E-state index >= 15 is 0 Å². The van der Waals surface area contributed by atoms with Gasteiger partial charge >= 0.3 is 12.3 Å². The van der Waals surface area contributed by atoms with Gasteiger partial charge in [-0.3, -0.25) is 4.79 Å². The van der Waals surface area contributed by atoms with Crippen LogP contribution in [0.2, 0.25) is 10.0 Å². The SMILES string of the molecule is CC(C)(C)OC(=O)N1CCN(c2ccc(C(=O)C(F)(F)F)c(NCCc3cc(Cl)cc(Cl)c3)c2)CC1. The second-order valence-corrected chi connectivity index (χ2v) is 10.3. The van der Waals surface area contributed by atoms with Crippen LogP contribution in [0.3, 0.4) is 0 Å². The average Bonchev–Trinajstić information content (AvgIpc) is 2.76. The molecule has 2 aromatic rings. The summed E-state index contributed by atoms with van der Waals surface area (Å²) < 4.78 is 45.1. The number of hydrogen-bond acceptors (Lipinski definition) is 5. The van der Waals surface area contributed by atoms with Crippen LogP contribution in [0.4, 0.5) is 29.3 Å². The number of Topliss-reactive ketones (excluding diaryl/α,β-unsaturated/α-hetero) is 1. The number of ketones is 1. The minimum atomic E-state index is -5.00. The van der Waals surface area contributed by atoms with Crippen molar-refractivity contribution in [1.82, 2.24) is 4.90 Å². The molecule has 6 nitrogen and oxygen atoms in total. The Morgan fingerprint density at radius 1 is 0.972 bits per heavy atom. The third-order valence-electron chi connectivity index (χ3n) is 5.45. The van der Waals surface area contributed by atoms with Crippen molar-refractivity contribution in [2.45, 2.75) is 39.0 Å². The van der Waals surface area contributed by atoms with Crippen LogP contribution in [0.1, 0.15) is 36.7 Å². The third kappa shape index (κ3) is 7.67. The summed E-state index contributed by atoms with van der Waals surface area (Å²) in [5.41, 5.74) is 0.468. The number of carbonyl (C=O) groups excluding carboxylic acids is 2. The number of carbonyl (C=O) groups is 2. The highest BCUT2D eigenvalue weighted by Gasteiger charge is 2.40. The summed E-state index contributed by atoms with van der Waals surface area (Å²) >= 11 is 12.0. The van der Waals surface area contributed by atoms with Crippen LogP contribution < -0.4 is 10.2 Å². The van der Waals surface area contributed by atoms with Crippen molar-refractivity contribution in [2.24, 2.45) is 0 Å². The molecule has 3 rings (SSSR count). The van der Waals surface area contributed by atoms with Crippen LogP contribution in [-0.4, -0.2) is 61.3 Å². The first-order valence-corrected chi connectivity index (χ1v) is 12.2. The number of hydrogen-bond donors (Lipinski definition) is 1. The number of nitrogens with one attached hydrogen (secondary N) is 1. The second-order valence-electron chi connectivity index (χ2n) is 9.47. The Bertz CT molecular complexity index is 1090. The highest BCUT2D eigenvalue weighted by molar-refractivity contribution is 6.34. The van der Waals surface area contributed by atoms with Crippen molar-refractivity contribution >= 4 is 46.5 Å². The number of rotatable bonds is 6. The molecule has 1 aliphatic heterocycles. The van der Waals surface area contributed by atoms with Gasteiger partial charge in [0, 0.05) is 54.1 Å². The number of halogens is 5. The molecule has 1 heterocycles. The molecule has 0 atom stereocenters. The molecule has 0 saturated carbocycles. The lowest BCUT2D eigenvalue weighted by atomic mass is 10.1. The summed E-state index contributed by atoms with van der Waals surface area (Å²) in [5.74, 6) is -1.92. The third-order valence-corrected chi connectivity index (χ3v) is 5.89. The van der Waals surface area contributed by atoms with Crippen LogP contribution in [0, 0.1) is 0 Å². The van der Waals surface area contributed by atoms with E-state index in [2.05, 4.69) is 5.32 Å². The monoisotopic (exact) mass is 545 g/mol. The lowest BCUT2D eigenvalue weighted by Gasteiger charge is -2.37. The van der Waals surface area contributed by atoms with Gasteiger partial charge in [0.2, 0.25) is 0 Å². The number of anilines is 2. The quantitative estimate of drug-likeness (QED) is 0.422. The Balaban J connectivity index is 1.74. The Labute approximate surface area is 218 Å². The van der Waals surface area contributed by atoms with E-state index < -0.39 is 29.2 Å². The predicted molar refractivity (Wildman–Crippen MR) is 136 cm³/mol. The molecule has 1 fully saturated rings. The molecular weight excluding hydrogens is 518 g/mol. The van der Waals surface area contributed by atoms with Gasteiger partial charge in [-0.05, 0) is 69.2 Å². The zero-order valence-electron chi connectivity index (χ0n) is 20.2. The molecule has 0 unspecified atom stereocenters. The van der Waals surface area contributed by atoms with E-state index in [9.17, 15) is 22.8 Å². The highest BCUT2D eigenvalue weighted by Crippen LogP contribution is 2.31. The Kier molecular flexibility index (Phi) is 8.67. The second kappa shape index (κ2) is 11.2. The molecule has 0 spiro atoms. The van der Waals surface area contributed by atoms with Gasteiger partial charge < -0.3 is 19.9 Å². The fourth-order valence-electron chi connectivity index (χ4n) is 3.80. The van der Waals surface area contributed by atoms with Crippen molar-refractivity contribution in [3.63, 3.8) is 0 Å². The minimum absolute atomic E-state index is 0.0810. The fourth-order valence-corrected chi connectivity index (χ4v) is 4.37. The van der Waals surface area contributed by atoms with Crippen LogP contribution in [-0.2, 0) is 11.2 Å². The van der Waals surface area contributed by atoms with Crippen LogP contribution >= 0.6 is 23.2 Å².